The van der Waals surface area contributed by atoms with Crippen LogP contribution in [0.2, 0.25) is 0 Å². The van der Waals surface area contributed by atoms with Crippen LogP contribution in [0.25, 0.3) is 0 Å². The largest absolute Gasteiger partial charge is 0.481 e. The lowest BCUT2D eigenvalue weighted by Crippen LogP contribution is -2.45. The molecule has 0 spiro atoms. The lowest BCUT2D eigenvalue weighted by atomic mass is 10.1. The molecule has 0 rings (SSSR count). The predicted molar refractivity (Wildman–Crippen MR) is 202 cm³/mol. The number of nitrogens with one attached hydrogen (secondary N) is 5. The van der Waals surface area contributed by atoms with Crippen molar-refractivity contribution >= 4 is 59.2 Å². The molecule has 0 fully saturated rings. The highest BCUT2D eigenvalue weighted by Gasteiger charge is 2.24. The van der Waals surface area contributed by atoms with Crippen LogP contribution in [0.4, 0.5) is 0 Å². The molecule has 0 aromatic heterocycles. The molecule has 23 nitrogen and oxygen atoms in total. The van der Waals surface area contributed by atoms with E-state index in [1.54, 1.807) is 0 Å². The number of rotatable bonds is 38. The third kappa shape index (κ3) is 32.4. The maximum Gasteiger partial charge on any atom is 0.326 e. The van der Waals surface area contributed by atoms with Crippen LogP contribution in [-0.2, 0) is 66.9 Å². The van der Waals surface area contributed by atoms with Gasteiger partial charge in [-0.15, -0.1) is 0 Å². The van der Waals surface area contributed by atoms with Gasteiger partial charge in [0.25, 0.3) is 0 Å². The van der Waals surface area contributed by atoms with Crippen molar-refractivity contribution in [1.82, 2.24) is 26.6 Å². The maximum atomic E-state index is 12.1. The molecular formula is C36H59N5O18. The highest BCUT2D eigenvalue weighted by atomic mass is 16.5. The molecule has 23 heteroatoms. The fourth-order valence-electron chi connectivity index (χ4n) is 4.79. The van der Waals surface area contributed by atoms with Crippen LogP contribution < -0.4 is 26.6 Å². The van der Waals surface area contributed by atoms with Gasteiger partial charge < -0.3 is 70.8 Å². The van der Waals surface area contributed by atoms with Gasteiger partial charge in [-0.3, -0.25) is 28.8 Å². The third-order valence-corrected chi connectivity index (χ3v) is 7.90. The number of aliphatic carboxylic acids is 4. The van der Waals surface area contributed by atoms with Gasteiger partial charge in [0.2, 0.25) is 29.5 Å². The number of ketones is 1. The van der Waals surface area contributed by atoms with Crippen molar-refractivity contribution in [2.24, 2.45) is 0 Å². The van der Waals surface area contributed by atoms with E-state index >= 15 is 0 Å². The summed E-state index contributed by atoms with van der Waals surface area (Å²) in [6.07, 6.45) is 1.29. The smallest absolute Gasteiger partial charge is 0.326 e. The Hall–Kier alpha value is -5.26. The van der Waals surface area contributed by atoms with Crippen molar-refractivity contribution in [3.8, 4) is 0 Å². The van der Waals surface area contributed by atoms with E-state index in [9.17, 15) is 63.3 Å². The molecule has 0 aliphatic carbocycles. The Labute approximate surface area is 341 Å². The first-order valence-electron chi connectivity index (χ1n) is 19.1. The normalized spacial score (nSPS) is 12.3. The number of amides is 5. The molecule has 0 aliphatic rings. The van der Waals surface area contributed by atoms with Crippen molar-refractivity contribution in [3.05, 3.63) is 0 Å². The molecule has 5 amide bonds. The predicted octanol–water partition coefficient (Wildman–Crippen LogP) is -1.65. The summed E-state index contributed by atoms with van der Waals surface area (Å²) in [7, 11) is 0. The average Bonchev–Trinajstić information content (AvgIpc) is 3.16. The molecule has 9 N–H and O–H groups in total. The fourth-order valence-corrected chi connectivity index (χ4v) is 4.79. The standard InChI is InChI=1S/C36H59N5O18/c1-24(42)8-9-25(34(50)51)40-30(45)13-11-27(36(54)55)41-32(47)23-59-21-19-57-17-15-38-31(46)22-58-20-18-56-16-14-37-28(43)12-10-26(35(52)53)39-29(44)6-4-2-3-5-7-33(48)49/h25-27H,2-23H2,1H3,(H,37,43)(H,38,46)(H,39,44)(H,40,45)(H,41,47)(H,48,49)(H,50,51)(H,52,53)(H,54,55). The number of hydrogen-bond donors (Lipinski definition) is 9. The molecule has 0 radical (unpaired) electrons. The number of carbonyl (C=O) groups excluding carboxylic acids is 6. The van der Waals surface area contributed by atoms with Crippen LogP contribution in [-0.4, -0.2) is 164 Å². The van der Waals surface area contributed by atoms with E-state index in [2.05, 4.69) is 26.6 Å². The topological polar surface area (TPSA) is 349 Å². The van der Waals surface area contributed by atoms with Crippen LogP contribution in [0.3, 0.4) is 0 Å². The molecule has 0 bridgehead atoms. The molecule has 3 atom stereocenters. The van der Waals surface area contributed by atoms with Gasteiger partial charge in [-0.25, -0.2) is 14.4 Å². The summed E-state index contributed by atoms with van der Waals surface area (Å²) in [5.74, 6) is -7.98. The van der Waals surface area contributed by atoms with Crippen LogP contribution >= 0.6 is 0 Å². The number of carboxylic acids is 4. The van der Waals surface area contributed by atoms with Gasteiger partial charge in [0.05, 0.1) is 39.6 Å². The maximum absolute atomic E-state index is 12.1. The highest BCUT2D eigenvalue weighted by Crippen LogP contribution is 2.07. The Morgan fingerprint density at radius 3 is 1.29 bits per heavy atom. The Morgan fingerprint density at radius 1 is 0.424 bits per heavy atom. The number of unbranched alkanes of at least 4 members (excludes halogenated alkanes) is 3. The molecular weight excluding hydrogens is 790 g/mol. The monoisotopic (exact) mass is 849 g/mol. The second-order valence-electron chi connectivity index (χ2n) is 13.0. The van der Waals surface area contributed by atoms with Crippen LogP contribution in [0, 0.1) is 0 Å². The van der Waals surface area contributed by atoms with Crippen molar-refractivity contribution < 1.29 is 87.3 Å². The van der Waals surface area contributed by atoms with E-state index < -0.39 is 84.6 Å². The van der Waals surface area contributed by atoms with Gasteiger partial charge in [0.15, 0.2) is 0 Å². The van der Waals surface area contributed by atoms with Gasteiger partial charge in [-0.05, 0) is 39.0 Å². The van der Waals surface area contributed by atoms with Crippen LogP contribution in [0.1, 0.15) is 84.0 Å². The third-order valence-electron chi connectivity index (χ3n) is 7.90. The van der Waals surface area contributed by atoms with Gasteiger partial charge in [-0.2, -0.15) is 0 Å². The molecule has 0 heterocycles. The lowest BCUT2D eigenvalue weighted by molar-refractivity contribution is -0.144. The van der Waals surface area contributed by atoms with Gasteiger partial charge in [0, 0.05) is 45.2 Å². The molecule has 0 saturated heterocycles. The van der Waals surface area contributed by atoms with Crippen LogP contribution in [0.15, 0.2) is 0 Å². The second kappa shape index (κ2) is 33.7. The van der Waals surface area contributed by atoms with Gasteiger partial charge in [-0.1, -0.05) is 12.8 Å². The first-order valence-corrected chi connectivity index (χ1v) is 19.1. The van der Waals surface area contributed by atoms with Gasteiger partial charge in [0.1, 0.15) is 37.1 Å². The second-order valence-corrected chi connectivity index (χ2v) is 13.0. The van der Waals surface area contributed by atoms with E-state index in [1.165, 1.54) is 6.92 Å². The van der Waals surface area contributed by atoms with E-state index in [1.807, 2.05) is 0 Å². The summed E-state index contributed by atoms with van der Waals surface area (Å²) in [5, 5.41) is 48.5. The fraction of sp³-hybridized carbons (Fsp3) is 0.722. The molecule has 59 heavy (non-hydrogen) atoms. The van der Waals surface area contributed by atoms with E-state index in [4.69, 9.17) is 24.1 Å². The van der Waals surface area contributed by atoms with E-state index in [-0.39, 0.29) is 110 Å². The Morgan fingerprint density at radius 2 is 0.814 bits per heavy atom. The molecule has 0 saturated carbocycles. The van der Waals surface area contributed by atoms with Crippen molar-refractivity contribution in [2.75, 3.05) is 65.9 Å². The SMILES string of the molecule is CC(=O)CCC(NC(=O)CCC(NC(=O)COCCOCCNC(=O)COCCOCCNC(=O)CCC(NC(=O)CCCCCCC(=O)O)C(=O)O)C(=O)O)C(=O)O. The molecule has 0 aliphatic heterocycles. The quantitative estimate of drug-likeness (QED) is 0.0314. The van der Waals surface area contributed by atoms with Crippen molar-refractivity contribution in [3.63, 3.8) is 0 Å². The molecule has 3 unspecified atom stereocenters. The summed E-state index contributed by atoms with van der Waals surface area (Å²) in [4.78, 5) is 116. The molecule has 0 aromatic carbocycles. The number of hydrogen-bond acceptors (Lipinski definition) is 14. The van der Waals surface area contributed by atoms with Gasteiger partial charge >= 0.3 is 23.9 Å². The van der Waals surface area contributed by atoms with Crippen molar-refractivity contribution in [2.45, 2.75) is 102 Å². The first-order chi connectivity index (χ1) is 28.0. The minimum atomic E-state index is -1.44. The van der Waals surface area contributed by atoms with E-state index in [0.29, 0.717) is 25.7 Å². The zero-order valence-electron chi connectivity index (χ0n) is 33.3. The van der Waals surface area contributed by atoms with Crippen molar-refractivity contribution in [1.29, 1.82) is 0 Å². The number of carbonyl (C=O) groups is 10. The van der Waals surface area contributed by atoms with Crippen LogP contribution in [0.5, 0.6) is 0 Å². The Balaban J connectivity index is 3.92. The zero-order chi connectivity index (χ0) is 44.4. The number of Topliss-reactive ketones (excluding diaryl/α,β-unsaturated/α-hetero) is 1. The summed E-state index contributed by atoms with van der Waals surface area (Å²) >= 11 is 0. The number of ether oxygens (including phenoxy) is 4. The molecule has 336 valence electrons. The Kier molecular flexibility index (Phi) is 30.7. The Bertz CT molecular complexity index is 1360. The summed E-state index contributed by atoms with van der Waals surface area (Å²) in [6.45, 7) is 1.29. The highest BCUT2D eigenvalue weighted by molar-refractivity contribution is 5.87. The van der Waals surface area contributed by atoms with E-state index in [0.717, 1.165) is 0 Å². The average molecular weight is 850 g/mol. The first kappa shape index (κ1) is 53.7. The minimum Gasteiger partial charge on any atom is -0.481 e. The lowest BCUT2D eigenvalue weighted by Gasteiger charge is -2.16. The number of carboxylic acid groups (broad SMARTS) is 4. The minimum absolute atomic E-state index is 0.0300. The zero-order valence-corrected chi connectivity index (χ0v) is 33.3. The molecule has 0 aromatic rings. The summed E-state index contributed by atoms with van der Waals surface area (Å²) < 4.78 is 21.0. The summed E-state index contributed by atoms with van der Waals surface area (Å²) in [6, 6.07) is -3.98. The summed E-state index contributed by atoms with van der Waals surface area (Å²) in [5.41, 5.74) is 0.